The van der Waals surface area contributed by atoms with Crippen molar-refractivity contribution in [2.75, 3.05) is 0 Å². The minimum atomic E-state index is -0.640. The molecule has 0 spiro atoms. The molecule has 0 nitrogen and oxygen atoms in total. The van der Waals surface area contributed by atoms with Crippen LogP contribution in [0.5, 0.6) is 0 Å². The molecular weight excluding hydrogens is 359 g/mol. The van der Waals surface area contributed by atoms with Crippen LogP contribution in [0.1, 0.15) is 46.5 Å². The van der Waals surface area contributed by atoms with Gasteiger partial charge in [-0.1, -0.05) is 39.5 Å². The normalized spacial score (nSPS) is 6.91. The summed E-state index contributed by atoms with van der Waals surface area (Å²) in [5.41, 5.74) is 0. The van der Waals surface area contributed by atoms with Gasteiger partial charge in [-0.25, -0.2) is 0 Å². The van der Waals surface area contributed by atoms with E-state index in [9.17, 15) is 0 Å². The molecular formula is C8H22AlClHg. The summed E-state index contributed by atoms with van der Waals surface area (Å²) in [6, 6.07) is 0. The Kier molecular flexibility index (Phi) is 38.1. The van der Waals surface area contributed by atoms with E-state index in [4.69, 9.17) is 8.25 Å². The molecule has 0 aromatic heterocycles. The predicted molar refractivity (Wildman–Crippen MR) is 56.1 cm³/mol. The Balaban J connectivity index is -0.000000114. The maximum absolute atomic E-state index is 5.41. The summed E-state index contributed by atoms with van der Waals surface area (Å²) in [4.78, 5) is 0. The van der Waals surface area contributed by atoms with E-state index in [1.165, 1.54) is 29.6 Å². The Hall–Kier alpha value is 1.76. The zero-order chi connectivity index (χ0) is 8.24. The minimum Gasteiger partial charge on any atom is 0.187 e. The largest absolute Gasteiger partial charge is 0.187 e. The van der Waals surface area contributed by atoms with Crippen molar-refractivity contribution in [1.82, 2.24) is 0 Å². The second kappa shape index (κ2) is 22.6. The van der Waals surface area contributed by atoms with Crippen molar-refractivity contribution in [2.24, 2.45) is 0 Å². The van der Waals surface area contributed by atoms with E-state index in [2.05, 4.69) is 20.8 Å². The van der Waals surface area contributed by atoms with Gasteiger partial charge < -0.3 is 0 Å². The first-order chi connectivity index (χ1) is 4.83. The molecule has 0 saturated heterocycles. The van der Waals surface area contributed by atoms with Crippen LogP contribution in [0.15, 0.2) is 0 Å². The van der Waals surface area contributed by atoms with Gasteiger partial charge in [0.25, 0.3) is 0 Å². The molecule has 0 rings (SSSR count). The first-order valence-electron chi connectivity index (χ1n) is 4.39. The smallest absolute Gasteiger partial charge is 0.187 e. The molecule has 0 bridgehead atoms. The van der Waals surface area contributed by atoms with Crippen molar-refractivity contribution in [2.45, 2.75) is 50.4 Å². The predicted octanol–water partition coefficient (Wildman–Crippen LogP) is 3.06. The first kappa shape index (κ1) is 18.5. The van der Waals surface area contributed by atoms with Gasteiger partial charge >= 0.3 is 42.4 Å². The summed E-state index contributed by atoms with van der Waals surface area (Å²) in [5.74, 6) is 0. The van der Waals surface area contributed by atoms with E-state index in [-0.39, 0.29) is 17.4 Å². The third-order valence-corrected chi connectivity index (χ3v) is 5.93. The average molecular weight is 381 g/mol. The van der Waals surface area contributed by atoms with Crippen LogP contribution in [0.4, 0.5) is 0 Å². The fourth-order valence-corrected chi connectivity index (χ4v) is 0.500. The summed E-state index contributed by atoms with van der Waals surface area (Å²) in [6.07, 6.45) is 5.54. The van der Waals surface area contributed by atoms with Gasteiger partial charge in [0.2, 0.25) is 0 Å². The Morgan fingerprint density at radius 1 is 1.00 bits per heavy atom. The first-order valence-corrected chi connectivity index (χ1v) is 15.0. The fourth-order valence-electron chi connectivity index (χ4n) is 0.500. The van der Waals surface area contributed by atoms with Crippen molar-refractivity contribution in [3.8, 4) is 0 Å². The van der Waals surface area contributed by atoms with Crippen molar-refractivity contribution in [3.63, 3.8) is 0 Å². The summed E-state index contributed by atoms with van der Waals surface area (Å²) in [7, 11) is 5.41. The zero-order valence-corrected chi connectivity index (χ0v) is 13.9. The van der Waals surface area contributed by atoms with Crippen molar-refractivity contribution < 1.29 is 23.3 Å². The van der Waals surface area contributed by atoms with Gasteiger partial charge in [0.1, 0.15) is 0 Å². The average Bonchev–Trinajstić information content (AvgIpc) is 2.01. The molecule has 0 atom stereocenters. The van der Waals surface area contributed by atoms with Crippen molar-refractivity contribution >= 4 is 25.6 Å². The van der Waals surface area contributed by atoms with E-state index in [0.717, 1.165) is 0 Å². The number of halogens is 1. The number of unbranched alkanes of at least 4 members (excludes halogenated alkanes) is 3. The molecule has 0 amide bonds. The zero-order valence-electron chi connectivity index (χ0n) is 7.62. The van der Waals surface area contributed by atoms with Gasteiger partial charge in [-0.2, -0.15) is 0 Å². The van der Waals surface area contributed by atoms with Crippen LogP contribution in [0.25, 0.3) is 0 Å². The molecule has 0 saturated carbocycles. The van der Waals surface area contributed by atoms with Crippen LogP contribution in [0.3, 0.4) is 0 Å². The second-order valence-corrected chi connectivity index (χ2v) is 11.1. The molecule has 0 aliphatic rings. The van der Waals surface area contributed by atoms with Gasteiger partial charge in [-0.05, 0) is 0 Å². The van der Waals surface area contributed by atoms with Crippen LogP contribution in [-0.2, 0) is 23.3 Å². The Bertz CT molecular complexity index is 39.1. The SMILES string of the molecule is CCCCCC.C[CH2][Hg][Cl].[AlH3]. The van der Waals surface area contributed by atoms with Gasteiger partial charge in [0.05, 0.1) is 0 Å². The maximum Gasteiger partial charge on any atom is 0.187 e. The monoisotopic (exact) mass is 382 g/mol. The Morgan fingerprint density at radius 2 is 1.27 bits per heavy atom. The molecule has 11 heavy (non-hydrogen) atoms. The van der Waals surface area contributed by atoms with Crippen LogP contribution in [-0.4, -0.2) is 17.4 Å². The molecule has 0 aliphatic heterocycles. The summed E-state index contributed by atoms with van der Waals surface area (Å²) < 4.78 is 1.31. The third-order valence-electron chi connectivity index (χ3n) is 1.15. The molecule has 0 aromatic carbocycles. The van der Waals surface area contributed by atoms with Gasteiger partial charge in [-0.15, -0.1) is 0 Å². The van der Waals surface area contributed by atoms with Gasteiger partial charge in [-0.3, -0.25) is 0 Å². The van der Waals surface area contributed by atoms with Crippen LogP contribution < -0.4 is 0 Å². The number of rotatable bonds is 4. The van der Waals surface area contributed by atoms with Crippen LogP contribution in [0.2, 0.25) is 3.93 Å². The minimum absolute atomic E-state index is 0. The molecule has 0 heterocycles. The van der Waals surface area contributed by atoms with E-state index in [0.29, 0.717) is 0 Å². The molecule has 66 valence electrons. The maximum atomic E-state index is 5.41. The van der Waals surface area contributed by atoms with Crippen LogP contribution >= 0.6 is 8.25 Å². The topological polar surface area (TPSA) is 0 Å². The van der Waals surface area contributed by atoms with Crippen molar-refractivity contribution in [1.29, 1.82) is 0 Å². The molecule has 0 fully saturated rings. The van der Waals surface area contributed by atoms with Gasteiger partial charge in [0, 0.05) is 0 Å². The number of hydrogen-bond donors (Lipinski definition) is 0. The Morgan fingerprint density at radius 3 is 1.36 bits per heavy atom. The summed E-state index contributed by atoms with van der Waals surface area (Å²) >= 11 is -0.640. The molecule has 0 radical (unpaired) electrons. The summed E-state index contributed by atoms with van der Waals surface area (Å²) in [5, 5.41) is 0. The standard InChI is InChI=1S/C6H14.C2H5.Al.ClH.Hg.3H/c1-3-5-6-4-2;1-2;;;;;;/h3-6H2,1-2H3;1H2,2H3;;1H;;;;/q;;;;+1;;;/p-1. The van der Waals surface area contributed by atoms with Crippen molar-refractivity contribution in [3.05, 3.63) is 0 Å². The molecule has 3 heteroatoms. The molecule has 0 aromatic rings. The fraction of sp³-hybridized carbons (Fsp3) is 1.00. The second-order valence-electron chi connectivity index (χ2n) is 2.40. The van der Waals surface area contributed by atoms with E-state index >= 15 is 0 Å². The quantitative estimate of drug-likeness (QED) is 0.519. The molecule has 0 aliphatic carbocycles. The Labute approximate surface area is 98.5 Å². The molecule has 0 unspecified atom stereocenters. The van der Waals surface area contributed by atoms with E-state index in [1.807, 2.05) is 0 Å². The van der Waals surface area contributed by atoms with E-state index in [1.54, 1.807) is 0 Å². The van der Waals surface area contributed by atoms with Crippen LogP contribution in [0, 0.1) is 0 Å². The van der Waals surface area contributed by atoms with Gasteiger partial charge in [0.15, 0.2) is 17.4 Å². The number of hydrogen-bond acceptors (Lipinski definition) is 0. The third kappa shape index (κ3) is 33.8. The summed E-state index contributed by atoms with van der Waals surface area (Å²) in [6.45, 7) is 6.61. The molecule has 0 N–H and O–H groups in total. The van der Waals surface area contributed by atoms with E-state index < -0.39 is 23.3 Å².